The third-order valence-corrected chi connectivity index (χ3v) is 5.11. The number of aliphatic hydroxyl groups excluding tert-OH is 1. The fraction of sp³-hybridized carbons (Fsp3) is 0.529. The number of aromatic nitrogens is 4. The first kappa shape index (κ1) is 16.8. The van der Waals surface area contributed by atoms with E-state index in [1.807, 2.05) is 18.0 Å². The van der Waals surface area contributed by atoms with Crippen LogP contribution in [0.2, 0.25) is 0 Å². The van der Waals surface area contributed by atoms with Crippen molar-refractivity contribution >= 4 is 17.7 Å². The van der Waals surface area contributed by atoms with Gasteiger partial charge in [-0.25, -0.2) is 4.98 Å². The van der Waals surface area contributed by atoms with Crippen molar-refractivity contribution in [3.63, 3.8) is 0 Å². The smallest absolute Gasteiger partial charge is 0.269 e. The summed E-state index contributed by atoms with van der Waals surface area (Å²) in [4.78, 5) is 24.9. The van der Waals surface area contributed by atoms with Gasteiger partial charge in [-0.1, -0.05) is 0 Å². The quantitative estimate of drug-likeness (QED) is 0.784. The minimum atomic E-state index is -0.513. The topological polar surface area (TPSA) is 113 Å². The second kappa shape index (κ2) is 6.56. The van der Waals surface area contributed by atoms with E-state index in [1.54, 1.807) is 10.9 Å². The number of anilines is 2. The molecule has 1 amide bonds. The van der Waals surface area contributed by atoms with Crippen molar-refractivity contribution in [2.45, 2.75) is 31.9 Å². The van der Waals surface area contributed by atoms with Crippen LogP contribution >= 0.6 is 0 Å². The molecule has 2 aromatic heterocycles. The molecule has 0 bridgehead atoms. The molecule has 0 spiro atoms. The number of fused-ring (bicyclic) bond motifs is 1. The van der Waals surface area contributed by atoms with E-state index in [0.29, 0.717) is 24.7 Å². The minimum absolute atomic E-state index is 0.312. The summed E-state index contributed by atoms with van der Waals surface area (Å²) in [5, 5.41) is 14.2. The lowest BCUT2D eigenvalue weighted by Crippen LogP contribution is -2.39. The summed E-state index contributed by atoms with van der Waals surface area (Å²) in [6.45, 7) is 2.73. The van der Waals surface area contributed by atoms with Crippen molar-refractivity contribution in [2.75, 3.05) is 29.4 Å². The number of rotatable bonds is 3. The number of carbonyl (C=O) groups excluding carboxylic acids is 1. The number of aliphatic hydroxyl groups is 1. The van der Waals surface area contributed by atoms with Gasteiger partial charge in [-0.2, -0.15) is 10.1 Å². The largest absolute Gasteiger partial charge is 0.391 e. The molecule has 9 heteroatoms. The van der Waals surface area contributed by atoms with E-state index < -0.39 is 5.91 Å². The summed E-state index contributed by atoms with van der Waals surface area (Å²) in [6.07, 6.45) is 3.97. The lowest BCUT2D eigenvalue weighted by molar-refractivity contribution is 0.0994. The summed E-state index contributed by atoms with van der Waals surface area (Å²) in [5.74, 6) is 0.925. The highest BCUT2D eigenvalue weighted by Gasteiger charge is 2.28. The summed E-state index contributed by atoms with van der Waals surface area (Å²) in [5.41, 5.74) is 7.68. The highest BCUT2D eigenvalue weighted by Crippen LogP contribution is 2.26. The van der Waals surface area contributed by atoms with Gasteiger partial charge in [-0.3, -0.25) is 9.48 Å². The van der Waals surface area contributed by atoms with Crippen LogP contribution in [-0.2, 0) is 20.0 Å². The van der Waals surface area contributed by atoms with Gasteiger partial charge in [-0.05, 0) is 18.9 Å². The molecule has 1 unspecified atom stereocenters. The Morgan fingerprint density at radius 2 is 2.19 bits per heavy atom. The fourth-order valence-electron chi connectivity index (χ4n) is 3.79. The van der Waals surface area contributed by atoms with Gasteiger partial charge in [0.2, 0.25) is 5.95 Å². The second-order valence-electron chi connectivity index (χ2n) is 6.89. The van der Waals surface area contributed by atoms with Crippen LogP contribution in [0.3, 0.4) is 0 Å². The Morgan fingerprint density at radius 1 is 1.35 bits per heavy atom. The first-order valence-electron chi connectivity index (χ1n) is 8.88. The van der Waals surface area contributed by atoms with E-state index >= 15 is 0 Å². The molecular formula is C17H23N7O2. The monoisotopic (exact) mass is 357 g/mol. The van der Waals surface area contributed by atoms with Gasteiger partial charge in [0.15, 0.2) is 5.69 Å². The van der Waals surface area contributed by atoms with E-state index in [9.17, 15) is 9.90 Å². The third-order valence-electron chi connectivity index (χ3n) is 5.11. The molecule has 26 heavy (non-hydrogen) atoms. The molecule has 2 aromatic rings. The van der Waals surface area contributed by atoms with Crippen LogP contribution in [0.4, 0.5) is 11.8 Å². The predicted molar refractivity (Wildman–Crippen MR) is 96.0 cm³/mol. The molecule has 1 fully saturated rings. The van der Waals surface area contributed by atoms with Crippen molar-refractivity contribution in [3.05, 3.63) is 29.2 Å². The number of nitrogens with two attached hydrogens (primary N) is 1. The molecule has 0 aromatic carbocycles. The average Bonchev–Trinajstić information content (AvgIpc) is 2.98. The normalized spacial score (nSPS) is 20.2. The van der Waals surface area contributed by atoms with Gasteiger partial charge < -0.3 is 20.6 Å². The maximum Gasteiger partial charge on any atom is 0.269 e. The zero-order chi connectivity index (χ0) is 18.3. The number of hydrogen-bond donors (Lipinski definition) is 2. The highest BCUT2D eigenvalue weighted by molar-refractivity contribution is 5.92. The van der Waals surface area contributed by atoms with Crippen LogP contribution in [0, 0.1) is 0 Å². The number of nitrogens with zero attached hydrogens (tertiary/aromatic N) is 6. The Bertz CT molecular complexity index is 835. The van der Waals surface area contributed by atoms with Crippen molar-refractivity contribution in [3.8, 4) is 0 Å². The maximum atomic E-state index is 11.7. The molecule has 4 heterocycles. The lowest BCUT2D eigenvalue weighted by Gasteiger charge is -2.32. The molecule has 1 atom stereocenters. The standard InChI is InChI=1S/C17H23N7O2/c1-22-13-5-8-24(10-12(13)15(21-22)16(18)26)17-19-6-4-14(20-17)23-7-2-3-11(25)9-23/h4,6,11,25H,2-3,5,7-10H2,1H3,(H2,18,26). The van der Waals surface area contributed by atoms with E-state index in [2.05, 4.69) is 15.0 Å². The van der Waals surface area contributed by atoms with E-state index in [-0.39, 0.29) is 6.10 Å². The molecule has 3 N–H and O–H groups in total. The second-order valence-corrected chi connectivity index (χ2v) is 6.89. The van der Waals surface area contributed by atoms with E-state index in [0.717, 1.165) is 49.4 Å². The van der Waals surface area contributed by atoms with Gasteiger partial charge in [0.25, 0.3) is 5.91 Å². The average molecular weight is 357 g/mol. The zero-order valence-corrected chi connectivity index (χ0v) is 14.8. The molecule has 138 valence electrons. The third kappa shape index (κ3) is 2.98. The van der Waals surface area contributed by atoms with Crippen LogP contribution < -0.4 is 15.5 Å². The van der Waals surface area contributed by atoms with Gasteiger partial charge in [-0.15, -0.1) is 0 Å². The van der Waals surface area contributed by atoms with Gasteiger partial charge in [0.1, 0.15) is 5.82 Å². The number of primary amides is 1. The number of carbonyl (C=O) groups is 1. The van der Waals surface area contributed by atoms with Crippen LogP contribution in [0.25, 0.3) is 0 Å². The van der Waals surface area contributed by atoms with Crippen LogP contribution in [0.15, 0.2) is 12.3 Å². The van der Waals surface area contributed by atoms with Crippen molar-refractivity contribution in [1.82, 2.24) is 19.7 Å². The molecule has 2 aliphatic heterocycles. The van der Waals surface area contributed by atoms with Crippen molar-refractivity contribution in [1.29, 1.82) is 0 Å². The van der Waals surface area contributed by atoms with E-state index in [4.69, 9.17) is 10.7 Å². The summed E-state index contributed by atoms with van der Waals surface area (Å²) in [6, 6.07) is 1.87. The molecule has 0 aliphatic carbocycles. The Labute approximate surface area is 151 Å². The molecule has 2 aliphatic rings. The maximum absolute atomic E-state index is 11.7. The fourth-order valence-corrected chi connectivity index (χ4v) is 3.79. The number of β-amino-alcohol motifs (C(OH)–C–C–N with tert-alkyl or cyclic N) is 1. The van der Waals surface area contributed by atoms with Crippen LogP contribution in [-0.4, -0.2) is 56.5 Å². The summed E-state index contributed by atoms with van der Waals surface area (Å²) >= 11 is 0. The zero-order valence-electron chi connectivity index (χ0n) is 14.8. The highest BCUT2D eigenvalue weighted by atomic mass is 16.3. The number of amides is 1. The summed E-state index contributed by atoms with van der Waals surface area (Å²) < 4.78 is 1.74. The number of piperidine rings is 1. The van der Waals surface area contributed by atoms with Gasteiger partial charge in [0.05, 0.1) is 12.6 Å². The Hall–Kier alpha value is -2.68. The molecular weight excluding hydrogens is 334 g/mol. The SMILES string of the molecule is Cn1nc(C(N)=O)c2c1CCN(c1nccc(N3CCCC(O)C3)n1)C2. The molecule has 4 rings (SSSR count). The molecule has 1 saturated heterocycles. The number of aryl methyl sites for hydroxylation is 1. The predicted octanol–water partition coefficient (Wildman–Crippen LogP) is -0.167. The molecule has 0 radical (unpaired) electrons. The van der Waals surface area contributed by atoms with Crippen LogP contribution in [0.5, 0.6) is 0 Å². The van der Waals surface area contributed by atoms with Crippen molar-refractivity contribution in [2.24, 2.45) is 12.8 Å². The van der Waals surface area contributed by atoms with E-state index in [1.165, 1.54) is 0 Å². The Balaban J connectivity index is 1.59. The van der Waals surface area contributed by atoms with Crippen LogP contribution in [0.1, 0.15) is 34.6 Å². The molecule has 0 saturated carbocycles. The molecule has 9 nitrogen and oxygen atoms in total. The van der Waals surface area contributed by atoms with Crippen molar-refractivity contribution < 1.29 is 9.90 Å². The Kier molecular flexibility index (Phi) is 4.23. The van der Waals surface area contributed by atoms with Gasteiger partial charge in [0, 0.05) is 50.6 Å². The minimum Gasteiger partial charge on any atom is -0.391 e. The number of hydrogen-bond acceptors (Lipinski definition) is 7. The first-order valence-corrected chi connectivity index (χ1v) is 8.88. The summed E-state index contributed by atoms with van der Waals surface area (Å²) in [7, 11) is 1.83. The van der Waals surface area contributed by atoms with Gasteiger partial charge >= 0.3 is 0 Å². The lowest BCUT2D eigenvalue weighted by atomic mass is 10.1. The first-order chi connectivity index (χ1) is 12.5. The Morgan fingerprint density at radius 3 is 2.96 bits per heavy atom.